The summed E-state index contributed by atoms with van der Waals surface area (Å²) in [5.74, 6) is 0.283. The van der Waals surface area contributed by atoms with Crippen molar-refractivity contribution in [3.05, 3.63) is 0 Å². The van der Waals surface area contributed by atoms with E-state index in [-0.39, 0.29) is 12.0 Å². The number of urea groups is 1. The number of carbonyl (C=O) groups excluding carboxylic acids is 2. The molecule has 6 nitrogen and oxygen atoms in total. The third-order valence-corrected chi connectivity index (χ3v) is 4.03. The van der Waals surface area contributed by atoms with E-state index in [9.17, 15) is 9.59 Å². The molecule has 2 aliphatic rings. The predicted octanol–water partition coefficient (Wildman–Crippen LogP) is 1.15. The highest BCUT2D eigenvalue weighted by Crippen LogP contribution is 2.39. The summed E-state index contributed by atoms with van der Waals surface area (Å²) in [5.41, 5.74) is 0. The third-order valence-electron chi connectivity index (χ3n) is 4.03. The first-order valence-corrected chi connectivity index (χ1v) is 7.34. The van der Waals surface area contributed by atoms with Crippen LogP contribution in [0.1, 0.15) is 32.1 Å². The van der Waals surface area contributed by atoms with Gasteiger partial charge in [0.25, 0.3) is 0 Å². The van der Waals surface area contributed by atoms with Gasteiger partial charge in [0, 0.05) is 27.1 Å². The normalized spacial score (nSPS) is 27.4. The molecule has 0 radical (unpaired) electrons. The van der Waals surface area contributed by atoms with Crippen molar-refractivity contribution < 1.29 is 19.1 Å². The number of rotatable bonds is 6. The van der Waals surface area contributed by atoms with Crippen molar-refractivity contribution in [2.75, 3.05) is 27.2 Å². The van der Waals surface area contributed by atoms with Crippen LogP contribution in [0.5, 0.6) is 0 Å². The molecule has 114 valence electrons. The molecule has 1 heterocycles. The lowest BCUT2D eigenvalue weighted by atomic mass is 9.90. The Morgan fingerprint density at radius 2 is 2.15 bits per heavy atom. The average Bonchev–Trinajstić information content (AvgIpc) is 3.22. The lowest BCUT2D eigenvalue weighted by Gasteiger charge is -2.19. The average molecular weight is 284 g/mol. The SMILES string of the molecule is CNC(=O)N(C)CCCC(=O)OCC1CCC2OC2C1. The zero-order chi connectivity index (χ0) is 14.5. The summed E-state index contributed by atoms with van der Waals surface area (Å²) in [4.78, 5) is 24.4. The molecule has 0 spiro atoms. The van der Waals surface area contributed by atoms with Crippen molar-refractivity contribution in [3.8, 4) is 0 Å². The van der Waals surface area contributed by atoms with Crippen molar-refractivity contribution in [2.24, 2.45) is 5.92 Å². The fourth-order valence-electron chi connectivity index (χ4n) is 2.67. The largest absolute Gasteiger partial charge is 0.465 e. The molecular formula is C14H24N2O4. The summed E-state index contributed by atoms with van der Waals surface area (Å²) >= 11 is 0. The maximum atomic E-state index is 11.6. The van der Waals surface area contributed by atoms with E-state index in [2.05, 4.69) is 5.32 Å². The van der Waals surface area contributed by atoms with Crippen molar-refractivity contribution in [1.29, 1.82) is 0 Å². The summed E-state index contributed by atoms with van der Waals surface area (Å²) in [6.07, 6.45) is 5.11. The highest BCUT2D eigenvalue weighted by atomic mass is 16.6. The van der Waals surface area contributed by atoms with E-state index in [1.165, 1.54) is 0 Å². The highest BCUT2D eigenvalue weighted by molar-refractivity contribution is 5.73. The first-order chi connectivity index (χ1) is 9.60. The molecule has 2 fully saturated rings. The monoisotopic (exact) mass is 284 g/mol. The number of ether oxygens (including phenoxy) is 2. The van der Waals surface area contributed by atoms with Gasteiger partial charge in [0.2, 0.25) is 0 Å². The van der Waals surface area contributed by atoms with E-state index >= 15 is 0 Å². The third kappa shape index (κ3) is 4.37. The molecule has 20 heavy (non-hydrogen) atoms. The van der Waals surface area contributed by atoms with Crippen molar-refractivity contribution in [2.45, 2.75) is 44.3 Å². The molecule has 1 saturated heterocycles. The van der Waals surface area contributed by atoms with Gasteiger partial charge in [-0.25, -0.2) is 4.79 Å². The number of carbonyl (C=O) groups is 2. The van der Waals surface area contributed by atoms with Crippen LogP contribution in [0, 0.1) is 5.92 Å². The fraction of sp³-hybridized carbons (Fsp3) is 0.857. The first kappa shape index (κ1) is 15.1. The van der Waals surface area contributed by atoms with Crippen molar-refractivity contribution >= 4 is 12.0 Å². The van der Waals surface area contributed by atoms with Gasteiger partial charge in [-0.2, -0.15) is 0 Å². The second-order valence-electron chi connectivity index (χ2n) is 5.66. The van der Waals surface area contributed by atoms with Gasteiger partial charge in [-0.1, -0.05) is 0 Å². The van der Waals surface area contributed by atoms with Crippen LogP contribution in [0.25, 0.3) is 0 Å². The lowest BCUT2D eigenvalue weighted by molar-refractivity contribution is -0.145. The number of nitrogens with one attached hydrogen (secondary N) is 1. The van der Waals surface area contributed by atoms with Crippen LogP contribution in [0.4, 0.5) is 4.79 Å². The molecule has 6 heteroatoms. The Morgan fingerprint density at radius 1 is 1.35 bits per heavy atom. The number of hydrogen-bond acceptors (Lipinski definition) is 4. The summed E-state index contributed by atoms with van der Waals surface area (Å²) in [6.45, 7) is 1.06. The number of amides is 2. The van der Waals surface area contributed by atoms with Gasteiger partial charge in [-0.3, -0.25) is 4.79 Å². The van der Waals surface area contributed by atoms with E-state index in [0.717, 1.165) is 19.3 Å². The minimum Gasteiger partial charge on any atom is -0.465 e. The van der Waals surface area contributed by atoms with Gasteiger partial charge < -0.3 is 19.7 Å². The molecule has 1 N–H and O–H groups in total. The minimum absolute atomic E-state index is 0.139. The lowest BCUT2D eigenvalue weighted by Crippen LogP contribution is -2.35. The van der Waals surface area contributed by atoms with Crippen molar-refractivity contribution in [1.82, 2.24) is 10.2 Å². The van der Waals surface area contributed by atoms with Gasteiger partial charge in [-0.05, 0) is 31.6 Å². The number of fused-ring (bicyclic) bond motifs is 1. The van der Waals surface area contributed by atoms with Crippen LogP contribution in [-0.2, 0) is 14.3 Å². The molecule has 1 saturated carbocycles. The van der Waals surface area contributed by atoms with Gasteiger partial charge in [0.05, 0.1) is 18.8 Å². The topological polar surface area (TPSA) is 71.2 Å². The van der Waals surface area contributed by atoms with Crippen LogP contribution < -0.4 is 5.32 Å². The number of esters is 1. The number of hydrogen-bond donors (Lipinski definition) is 1. The van der Waals surface area contributed by atoms with Crippen LogP contribution in [-0.4, -0.2) is 56.4 Å². The van der Waals surface area contributed by atoms with E-state index in [1.54, 1.807) is 19.0 Å². The van der Waals surface area contributed by atoms with Crippen LogP contribution in [0.2, 0.25) is 0 Å². The second kappa shape index (κ2) is 6.92. The molecule has 3 atom stereocenters. The Balaban J connectivity index is 1.53. The molecule has 0 aromatic rings. The maximum absolute atomic E-state index is 11.6. The summed E-state index contributed by atoms with van der Waals surface area (Å²) in [7, 11) is 3.30. The summed E-state index contributed by atoms with van der Waals surface area (Å²) in [6, 6.07) is -0.139. The maximum Gasteiger partial charge on any atom is 0.316 e. The smallest absolute Gasteiger partial charge is 0.316 e. The Labute approximate surface area is 119 Å². The Hall–Kier alpha value is -1.30. The molecule has 0 bridgehead atoms. The zero-order valence-electron chi connectivity index (χ0n) is 12.3. The predicted molar refractivity (Wildman–Crippen MR) is 73.3 cm³/mol. The Bertz CT molecular complexity index is 361. The second-order valence-corrected chi connectivity index (χ2v) is 5.66. The number of epoxide rings is 1. The molecule has 3 unspecified atom stereocenters. The molecule has 2 rings (SSSR count). The molecule has 2 amide bonds. The zero-order valence-corrected chi connectivity index (χ0v) is 12.3. The summed E-state index contributed by atoms with van der Waals surface area (Å²) < 4.78 is 10.8. The van der Waals surface area contributed by atoms with Crippen LogP contribution in [0.15, 0.2) is 0 Å². The Morgan fingerprint density at radius 3 is 2.85 bits per heavy atom. The van der Waals surface area contributed by atoms with Gasteiger partial charge in [0.1, 0.15) is 0 Å². The molecule has 1 aliphatic carbocycles. The van der Waals surface area contributed by atoms with E-state index in [1.807, 2.05) is 0 Å². The van der Waals surface area contributed by atoms with Gasteiger partial charge in [0.15, 0.2) is 0 Å². The molecule has 1 aliphatic heterocycles. The van der Waals surface area contributed by atoms with E-state index < -0.39 is 0 Å². The molecule has 0 aromatic carbocycles. The van der Waals surface area contributed by atoms with Crippen LogP contribution >= 0.6 is 0 Å². The fourth-order valence-corrected chi connectivity index (χ4v) is 2.67. The number of nitrogens with zero attached hydrogens (tertiary/aromatic N) is 1. The highest BCUT2D eigenvalue weighted by Gasteiger charge is 2.43. The minimum atomic E-state index is -0.172. The van der Waals surface area contributed by atoms with E-state index in [0.29, 0.717) is 44.1 Å². The Kier molecular flexibility index (Phi) is 5.23. The quantitative estimate of drug-likeness (QED) is 0.586. The van der Waals surface area contributed by atoms with E-state index in [4.69, 9.17) is 9.47 Å². The van der Waals surface area contributed by atoms with Gasteiger partial charge in [-0.15, -0.1) is 0 Å². The summed E-state index contributed by atoms with van der Waals surface area (Å²) in [5, 5.41) is 2.54. The van der Waals surface area contributed by atoms with Crippen LogP contribution in [0.3, 0.4) is 0 Å². The molecule has 0 aromatic heterocycles. The van der Waals surface area contributed by atoms with Crippen molar-refractivity contribution in [3.63, 3.8) is 0 Å². The first-order valence-electron chi connectivity index (χ1n) is 7.34. The standard InChI is InChI=1S/C14H24N2O4/c1-15-14(18)16(2)7-3-4-13(17)19-9-10-5-6-11-12(8-10)20-11/h10-12H,3-9H2,1-2H3,(H,15,18). The van der Waals surface area contributed by atoms with Gasteiger partial charge >= 0.3 is 12.0 Å². The molecular weight excluding hydrogens is 260 g/mol.